The molecule has 3 nitrogen and oxygen atoms in total. The molecule has 0 saturated carbocycles. The summed E-state index contributed by atoms with van der Waals surface area (Å²) in [6, 6.07) is 83.9. The fourth-order valence-electron chi connectivity index (χ4n) is 9.88. The van der Waals surface area contributed by atoms with Crippen molar-refractivity contribution in [2.75, 3.05) is 0 Å². The van der Waals surface area contributed by atoms with Crippen molar-refractivity contribution < 1.29 is 0 Å². The van der Waals surface area contributed by atoms with E-state index in [4.69, 9.17) is 0 Å². The lowest BCUT2D eigenvalue weighted by molar-refractivity contribution is 0.445. The Morgan fingerprint density at radius 2 is 0.825 bits per heavy atom. The molecular weight excluding hydrogens is 763 g/mol. The highest BCUT2D eigenvalue weighted by atomic mass is 15.2. The van der Waals surface area contributed by atoms with Gasteiger partial charge >= 0.3 is 0 Å². The zero-order chi connectivity index (χ0) is 41.7. The molecule has 10 aromatic carbocycles. The quantitative estimate of drug-likeness (QED) is 0.168. The van der Waals surface area contributed by atoms with E-state index < -0.39 is 0 Å². The van der Waals surface area contributed by atoms with E-state index in [1.165, 1.54) is 93.4 Å². The topological polar surface area (TPSA) is 29.0 Å². The molecule has 2 N–H and O–H groups in total. The van der Waals surface area contributed by atoms with Crippen molar-refractivity contribution in [1.82, 2.24) is 15.2 Å². The minimum absolute atomic E-state index is 0.0401. The van der Waals surface area contributed by atoms with Gasteiger partial charge in [0.2, 0.25) is 0 Å². The van der Waals surface area contributed by atoms with Gasteiger partial charge in [0.15, 0.2) is 0 Å². The predicted octanol–water partition coefficient (Wildman–Crippen LogP) is 15.1. The summed E-state index contributed by atoms with van der Waals surface area (Å²) in [6.45, 7) is 0. The molecule has 0 spiro atoms. The van der Waals surface area contributed by atoms with Gasteiger partial charge in [0.05, 0.1) is 22.8 Å². The third-order valence-corrected chi connectivity index (χ3v) is 12.9. The number of nitrogens with zero attached hydrogens (tertiary/aromatic N) is 1. The summed E-state index contributed by atoms with van der Waals surface area (Å²) in [4.78, 5) is 0. The van der Waals surface area contributed by atoms with Crippen LogP contribution in [0.3, 0.4) is 0 Å². The lowest BCUT2D eigenvalue weighted by Crippen LogP contribution is -2.39. The largest absolute Gasteiger partial charge is 0.366 e. The maximum Gasteiger partial charge on any atom is 0.105 e. The van der Waals surface area contributed by atoms with Crippen LogP contribution in [0.4, 0.5) is 0 Å². The Balaban J connectivity index is 1.01. The van der Waals surface area contributed by atoms with Crippen LogP contribution in [0, 0.1) is 0 Å². The number of hydrogen-bond donors (Lipinski definition) is 2. The van der Waals surface area contributed by atoms with E-state index in [9.17, 15) is 0 Å². The van der Waals surface area contributed by atoms with Crippen LogP contribution in [0.1, 0.15) is 28.9 Å². The molecule has 11 aromatic rings. The van der Waals surface area contributed by atoms with Gasteiger partial charge in [-0.15, -0.1) is 0 Å². The predicted molar refractivity (Wildman–Crippen MR) is 265 cm³/mol. The SMILES string of the molecule is C1=C(c2ccccc2)NC(c2ccc(-c3ccc(-n4c5ccc(-c6ccccc6)cc5c5cc(-c6ccccc6)ccc54)c4ccccc34)c3ccccc23)NC1c1ccccc1. The van der Waals surface area contributed by atoms with E-state index in [1.807, 2.05) is 0 Å². The van der Waals surface area contributed by atoms with Crippen molar-refractivity contribution in [1.29, 1.82) is 0 Å². The molecule has 2 atom stereocenters. The molecule has 0 saturated heterocycles. The molecule has 298 valence electrons. The monoisotopic (exact) mass is 805 g/mol. The van der Waals surface area contributed by atoms with Gasteiger partial charge in [0.25, 0.3) is 0 Å². The Hall–Kier alpha value is -7.98. The molecule has 0 fully saturated rings. The smallest absolute Gasteiger partial charge is 0.105 e. The first-order chi connectivity index (χ1) is 31.2. The van der Waals surface area contributed by atoms with Crippen LogP contribution in [0.15, 0.2) is 237 Å². The Labute approximate surface area is 367 Å². The van der Waals surface area contributed by atoms with E-state index in [0.29, 0.717) is 0 Å². The summed E-state index contributed by atoms with van der Waals surface area (Å²) in [5.74, 6) is 0. The van der Waals surface area contributed by atoms with Crippen molar-refractivity contribution in [3.05, 3.63) is 253 Å². The molecule has 3 heteroatoms. The number of rotatable bonds is 7. The molecule has 1 aliphatic rings. The molecule has 2 unspecified atom stereocenters. The first-order valence-corrected chi connectivity index (χ1v) is 21.8. The van der Waals surface area contributed by atoms with Crippen LogP contribution in [0.5, 0.6) is 0 Å². The van der Waals surface area contributed by atoms with Crippen LogP contribution >= 0.6 is 0 Å². The van der Waals surface area contributed by atoms with Crippen molar-refractivity contribution in [3.8, 4) is 39.1 Å². The van der Waals surface area contributed by atoms with E-state index in [-0.39, 0.29) is 12.2 Å². The van der Waals surface area contributed by atoms with Crippen molar-refractivity contribution in [3.63, 3.8) is 0 Å². The van der Waals surface area contributed by atoms with Gasteiger partial charge in [0.1, 0.15) is 6.17 Å². The summed E-state index contributed by atoms with van der Waals surface area (Å²) in [7, 11) is 0. The molecule has 0 bridgehead atoms. The molecular formula is C60H43N3. The van der Waals surface area contributed by atoms with Crippen LogP contribution in [0.2, 0.25) is 0 Å². The highest BCUT2D eigenvalue weighted by molar-refractivity contribution is 6.14. The van der Waals surface area contributed by atoms with Gasteiger partial charge in [0, 0.05) is 21.9 Å². The van der Waals surface area contributed by atoms with E-state index in [2.05, 4.69) is 252 Å². The Morgan fingerprint density at radius 3 is 1.41 bits per heavy atom. The maximum absolute atomic E-state index is 3.95. The zero-order valence-corrected chi connectivity index (χ0v) is 34.6. The number of benzene rings is 10. The van der Waals surface area contributed by atoms with E-state index >= 15 is 0 Å². The third kappa shape index (κ3) is 6.50. The maximum atomic E-state index is 3.95. The Morgan fingerprint density at radius 1 is 0.349 bits per heavy atom. The number of aromatic nitrogens is 1. The lowest BCUT2D eigenvalue weighted by atomic mass is 9.90. The average molecular weight is 806 g/mol. The fourth-order valence-corrected chi connectivity index (χ4v) is 9.88. The summed E-state index contributed by atoms with van der Waals surface area (Å²) in [5, 5.41) is 15.2. The number of nitrogens with one attached hydrogen (secondary N) is 2. The van der Waals surface area contributed by atoms with Crippen LogP contribution < -0.4 is 10.6 Å². The summed E-state index contributed by atoms with van der Waals surface area (Å²) < 4.78 is 2.48. The van der Waals surface area contributed by atoms with Crippen LogP contribution in [-0.4, -0.2) is 4.57 Å². The lowest BCUT2D eigenvalue weighted by Gasteiger charge is -2.34. The summed E-state index contributed by atoms with van der Waals surface area (Å²) in [5.41, 5.74) is 15.6. The highest BCUT2D eigenvalue weighted by Gasteiger charge is 2.26. The zero-order valence-electron chi connectivity index (χ0n) is 34.6. The first kappa shape index (κ1) is 36.8. The fraction of sp³-hybridized carbons (Fsp3) is 0.0333. The number of hydrogen-bond acceptors (Lipinski definition) is 2. The molecule has 0 radical (unpaired) electrons. The van der Waals surface area contributed by atoms with Gasteiger partial charge in [-0.1, -0.05) is 200 Å². The van der Waals surface area contributed by atoms with Crippen molar-refractivity contribution in [2.45, 2.75) is 12.2 Å². The van der Waals surface area contributed by atoms with E-state index in [0.717, 1.165) is 11.4 Å². The van der Waals surface area contributed by atoms with Crippen LogP contribution in [0.25, 0.3) is 88.1 Å². The van der Waals surface area contributed by atoms with Crippen molar-refractivity contribution in [2.24, 2.45) is 0 Å². The third-order valence-electron chi connectivity index (χ3n) is 12.9. The summed E-state index contributed by atoms with van der Waals surface area (Å²) in [6.07, 6.45) is 2.20. The molecule has 12 rings (SSSR count). The van der Waals surface area contributed by atoms with Gasteiger partial charge in [-0.2, -0.15) is 0 Å². The molecule has 63 heavy (non-hydrogen) atoms. The van der Waals surface area contributed by atoms with Gasteiger partial charge in [-0.25, -0.2) is 0 Å². The molecule has 2 heterocycles. The van der Waals surface area contributed by atoms with Gasteiger partial charge in [-0.3, -0.25) is 5.32 Å². The van der Waals surface area contributed by atoms with Gasteiger partial charge < -0.3 is 9.88 Å². The minimum Gasteiger partial charge on any atom is -0.366 e. The highest BCUT2D eigenvalue weighted by Crippen LogP contribution is 2.43. The second-order valence-corrected chi connectivity index (χ2v) is 16.5. The van der Waals surface area contributed by atoms with Crippen molar-refractivity contribution >= 4 is 49.0 Å². The minimum atomic E-state index is -0.117. The standard InChI is InChI=1S/C60H43N3/c1-5-17-40(18-6-1)44-29-34-58-53(37-44)54-38-45(41-19-7-2-8-20-41)30-35-59(54)63(58)57-36-33-50(47-26-15-16-28-51(47)57)49-31-32-52(48-27-14-13-25-46(48)49)60-61-55(42-21-9-3-10-22-42)39-56(62-60)43-23-11-4-12-24-43/h1-39,55,60-62H. The first-order valence-electron chi connectivity index (χ1n) is 21.8. The van der Waals surface area contributed by atoms with E-state index in [1.54, 1.807) is 0 Å². The number of fused-ring (bicyclic) bond motifs is 5. The second-order valence-electron chi connectivity index (χ2n) is 16.5. The molecule has 1 aliphatic heterocycles. The van der Waals surface area contributed by atoms with Gasteiger partial charge in [-0.05, 0) is 103 Å². The normalized spacial score (nSPS) is 15.1. The average Bonchev–Trinajstić information content (AvgIpc) is 3.69. The Bertz CT molecular complexity index is 3400. The molecule has 0 aliphatic carbocycles. The Kier molecular flexibility index (Phi) is 9.06. The van der Waals surface area contributed by atoms with Crippen LogP contribution in [-0.2, 0) is 0 Å². The second kappa shape index (κ2) is 15.5. The molecule has 0 amide bonds. The molecule has 1 aromatic heterocycles. The summed E-state index contributed by atoms with van der Waals surface area (Å²) >= 11 is 0.